The summed E-state index contributed by atoms with van der Waals surface area (Å²) in [5.74, 6) is 0.684. The van der Waals surface area contributed by atoms with Gasteiger partial charge in [0.1, 0.15) is 0 Å². The standard InChI is InChI=1S/C23H29N5/c1-17(28-12-10-23(16-28)8-3-2-4-9-23)19-13-25-22(26-14-19)27-21-6-5-18-7-11-24-15-20(18)21/h7,11,13-15,21H,1-6,8-10,12,16H2,(H,25,26,27). The van der Waals surface area contributed by atoms with E-state index in [4.69, 9.17) is 0 Å². The molecule has 1 spiro atoms. The summed E-state index contributed by atoms with van der Waals surface area (Å²) in [7, 11) is 0. The lowest BCUT2D eigenvalue weighted by Crippen LogP contribution is -2.28. The lowest BCUT2D eigenvalue weighted by molar-refractivity contribution is 0.202. The van der Waals surface area contributed by atoms with Crippen LogP contribution in [0.5, 0.6) is 0 Å². The predicted octanol–water partition coefficient (Wildman–Crippen LogP) is 4.60. The minimum absolute atomic E-state index is 0.252. The molecule has 1 N–H and O–H groups in total. The van der Waals surface area contributed by atoms with Gasteiger partial charge in [-0.2, -0.15) is 0 Å². The van der Waals surface area contributed by atoms with Gasteiger partial charge in [0.25, 0.3) is 0 Å². The molecule has 1 atom stereocenters. The maximum absolute atomic E-state index is 4.58. The molecular weight excluding hydrogens is 346 g/mol. The van der Waals surface area contributed by atoms with E-state index < -0.39 is 0 Å². The highest BCUT2D eigenvalue weighted by Crippen LogP contribution is 2.45. The van der Waals surface area contributed by atoms with E-state index in [0.29, 0.717) is 11.4 Å². The number of fused-ring (bicyclic) bond motifs is 1. The minimum atomic E-state index is 0.252. The number of pyridine rings is 1. The van der Waals surface area contributed by atoms with Crippen molar-refractivity contribution in [2.24, 2.45) is 5.41 Å². The first-order valence-electron chi connectivity index (χ1n) is 10.7. The highest BCUT2D eigenvalue weighted by molar-refractivity contribution is 5.61. The predicted molar refractivity (Wildman–Crippen MR) is 112 cm³/mol. The van der Waals surface area contributed by atoms with Gasteiger partial charge >= 0.3 is 0 Å². The zero-order valence-corrected chi connectivity index (χ0v) is 16.5. The van der Waals surface area contributed by atoms with Crippen LogP contribution >= 0.6 is 0 Å². The maximum atomic E-state index is 4.58. The quantitative estimate of drug-likeness (QED) is 0.846. The van der Waals surface area contributed by atoms with Crippen molar-refractivity contribution < 1.29 is 0 Å². The summed E-state index contributed by atoms with van der Waals surface area (Å²) in [6, 6.07) is 2.36. The summed E-state index contributed by atoms with van der Waals surface area (Å²) in [4.78, 5) is 15.9. The molecule has 0 amide bonds. The fourth-order valence-electron chi connectivity index (χ4n) is 5.35. The molecule has 146 valence electrons. The van der Waals surface area contributed by atoms with E-state index in [9.17, 15) is 0 Å². The topological polar surface area (TPSA) is 53.9 Å². The second-order valence-electron chi connectivity index (χ2n) is 8.78. The summed E-state index contributed by atoms with van der Waals surface area (Å²) in [6.07, 6.45) is 18.1. The van der Waals surface area contributed by atoms with E-state index in [1.165, 1.54) is 49.7 Å². The van der Waals surface area contributed by atoms with Gasteiger partial charge in [-0.15, -0.1) is 0 Å². The van der Waals surface area contributed by atoms with E-state index in [1.54, 1.807) is 0 Å². The molecule has 1 saturated carbocycles. The largest absolute Gasteiger partial charge is 0.371 e. The van der Waals surface area contributed by atoms with Gasteiger partial charge in [-0.1, -0.05) is 25.8 Å². The van der Waals surface area contributed by atoms with Gasteiger partial charge in [0, 0.05) is 49.1 Å². The van der Waals surface area contributed by atoms with Gasteiger partial charge in [-0.3, -0.25) is 4.98 Å². The molecule has 5 heteroatoms. The Balaban J connectivity index is 1.24. The molecular formula is C23H29N5. The molecule has 3 aliphatic rings. The Hall–Kier alpha value is -2.43. The number of likely N-dealkylation sites (tertiary alicyclic amines) is 1. The van der Waals surface area contributed by atoms with Crippen LogP contribution in [0.4, 0.5) is 5.95 Å². The number of nitrogens with zero attached hydrogens (tertiary/aromatic N) is 4. The lowest BCUT2D eigenvalue weighted by Gasteiger charge is -2.33. The van der Waals surface area contributed by atoms with Gasteiger partial charge in [-0.25, -0.2) is 9.97 Å². The first-order chi connectivity index (χ1) is 13.7. The molecule has 3 heterocycles. The van der Waals surface area contributed by atoms with Crippen LogP contribution in [0.15, 0.2) is 37.4 Å². The summed E-state index contributed by atoms with van der Waals surface area (Å²) in [5.41, 5.74) is 5.29. The monoisotopic (exact) mass is 375 g/mol. The molecule has 2 fully saturated rings. The third kappa shape index (κ3) is 3.27. The van der Waals surface area contributed by atoms with Crippen LogP contribution in [-0.2, 0) is 6.42 Å². The third-order valence-corrected chi connectivity index (χ3v) is 7.05. The Kier molecular flexibility index (Phi) is 4.53. The van der Waals surface area contributed by atoms with E-state index in [1.807, 2.05) is 24.8 Å². The first-order valence-corrected chi connectivity index (χ1v) is 10.7. The van der Waals surface area contributed by atoms with Gasteiger partial charge in [-0.05, 0) is 54.7 Å². The summed E-state index contributed by atoms with van der Waals surface area (Å²) in [6.45, 7) is 6.63. The van der Waals surface area contributed by atoms with Crippen molar-refractivity contribution in [1.82, 2.24) is 19.9 Å². The molecule has 2 aromatic rings. The second-order valence-corrected chi connectivity index (χ2v) is 8.78. The fourth-order valence-corrected chi connectivity index (χ4v) is 5.35. The van der Waals surface area contributed by atoms with Gasteiger partial charge in [0.05, 0.1) is 6.04 Å². The Morgan fingerprint density at radius 3 is 2.75 bits per heavy atom. The molecule has 5 rings (SSSR count). The van der Waals surface area contributed by atoms with Crippen molar-refractivity contribution in [3.63, 3.8) is 0 Å². The maximum Gasteiger partial charge on any atom is 0.223 e. The van der Waals surface area contributed by atoms with Crippen LogP contribution in [0.3, 0.4) is 0 Å². The van der Waals surface area contributed by atoms with Gasteiger partial charge in [0.2, 0.25) is 5.95 Å². The van der Waals surface area contributed by atoms with Crippen LogP contribution in [0.1, 0.15) is 67.7 Å². The van der Waals surface area contributed by atoms with Crippen LogP contribution in [-0.4, -0.2) is 32.9 Å². The minimum Gasteiger partial charge on any atom is -0.371 e. The van der Waals surface area contributed by atoms with E-state index in [2.05, 4.69) is 37.8 Å². The zero-order chi connectivity index (χ0) is 19.0. The second kappa shape index (κ2) is 7.19. The normalized spacial score (nSPS) is 23.0. The van der Waals surface area contributed by atoms with Crippen LogP contribution in [0, 0.1) is 5.41 Å². The highest BCUT2D eigenvalue weighted by Gasteiger charge is 2.39. The smallest absolute Gasteiger partial charge is 0.223 e. The Bertz CT molecular complexity index is 854. The molecule has 28 heavy (non-hydrogen) atoms. The number of hydrogen-bond donors (Lipinski definition) is 1. The number of anilines is 1. The molecule has 0 aromatic carbocycles. The van der Waals surface area contributed by atoms with Crippen LogP contribution < -0.4 is 5.32 Å². The van der Waals surface area contributed by atoms with Crippen LogP contribution in [0.2, 0.25) is 0 Å². The number of rotatable bonds is 4. The van der Waals surface area contributed by atoms with E-state index in [0.717, 1.165) is 37.2 Å². The average Bonchev–Trinajstić information content (AvgIpc) is 3.34. The van der Waals surface area contributed by atoms with Gasteiger partial charge in [0.15, 0.2) is 0 Å². The molecule has 1 aliphatic heterocycles. The molecule has 2 aliphatic carbocycles. The van der Waals surface area contributed by atoms with E-state index >= 15 is 0 Å². The fraction of sp³-hybridized carbons (Fsp3) is 0.522. The number of aryl methyl sites for hydroxylation is 1. The van der Waals surface area contributed by atoms with Crippen molar-refractivity contribution in [2.45, 2.75) is 57.4 Å². The van der Waals surface area contributed by atoms with Gasteiger partial charge < -0.3 is 10.2 Å². The van der Waals surface area contributed by atoms with Crippen molar-refractivity contribution in [1.29, 1.82) is 0 Å². The zero-order valence-electron chi connectivity index (χ0n) is 16.5. The third-order valence-electron chi connectivity index (χ3n) is 7.05. The van der Waals surface area contributed by atoms with E-state index in [-0.39, 0.29) is 6.04 Å². The lowest BCUT2D eigenvalue weighted by atomic mass is 9.73. The molecule has 0 bridgehead atoms. The summed E-state index contributed by atoms with van der Waals surface area (Å²) >= 11 is 0. The molecule has 5 nitrogen and oxygen atoms in total. The van der Waals surface area contributed by atoms with Crippen molar-refractivity contribution in [3.8, 4) is 0 Å². The number of hydrogen-bond acceptors (Lipinski definition) is 5. The number of aromatic nitrogens is 3. The SMILES string of the molecule is C=C(c1cnc(NC2CCc3ccncc32)nc1)N1CCC2(CCCCC2)C1. The Labute approximate surface area is 167 Å². The average molecular weight is 376 g/mol. The first kappa shape index (κ1) is 17.7. The summed E-state index contributed by atoms with van der Waals surface area (Å²) in [5, 5.41) is 3.47. The molecule has 0 radical (unpaired) electrons. The van der Waals surface area contributed by atoms with Crippen LogP contribution in [0.25, 0.3) is 5.70 Å². The van der Waals surface area contributed by atoms with Crippen molar-refractivity contribution in [2.75, 3.05) is 18.4 Å². The van der Waals surface area contributed by atoms with Crippen molar-refractivity contribution in [3.05, 3.63) is 54.1 Å². The molecule has 1 unspecified atom stereocenters. The molecule has 1 saturated heterocycles. The number of nitrogens with one attached hydrogen (secondary N) is 1. The Morgan fingerprint density at radius 2 is 1.93 bits per heavy atom. The Morgan fingerprint density at radius 1 is 1.11 bits per heavy atom. The molecule has 2 aromatic heterocycles. The summed E-state index contributed by atoms with van der Waals surface area (Å²) < 4.78 is 0. The van der Waals surface area contributed by atoms with Crippen molar-refractivity contribution >= 4 is 11.6 Å². The highest BCUT2D eigenvalue weighted by atomic mass is 15.2.